The Hall–Kier alpha value is -2.28. The molecule has 0 aromatic carbocycles. The van der Waals surface area contributed by atoms with Crippen molar-refractivity contribution in [3.05, 3.63) is 41.7 Å². The van der Waals surface area contributed by atoms with Gasteiger partial charge in [-0.1, -0.05) is 0 Å². The zero-order chi connectivity index (χ0) is 15.0. The van der Waals surface area contributed by atoms with Gasteiger partial charge in [0.2, 0.25) is 5.82 Å². The van der Waals surface area contributed by atoms with Gasteiger partial charge >= 0.3 is 0 Å². The zero-order valence-corrected chi connectivity index (χ0v) is 11.9. The molecule has 3 atom stereocenters. The Morgan fingerprint density at radius 1 is 1.48 bits per heavy atom. The zero-order valence-electron chi connectivity index (χ0n) is 11.9. The molecule has 1 fully saturated rings. The third-order valence-electron chi connectivity index (χ3n) is 3.65. The van der Waals surface area contributed by atoms with Gasteiger partial charge in [-0.25, -0.2) is 9.97 Å². The summed E-state index contributed by atoms with van der Waals surface area (Å²) < 4.78 is 1.70. The molecular weight excluding hydrogens is 270 g/mol. The van der Waals surface area contributed by atoms with Gasteiger partial charge in [0, 0.05) is 18.1 Å². The first kappa shape index (κ1) is 13.7. The maximum atomic E-state index is 12.1. The molecule has 2 aromatic heterocycles. The summed E-state index contributed by atoms with van der Waals surface area (Å²) in [7, 11) is 0. The summed E-state index contributed by atoms with van der Waals surface area (Å²) in [6, 6.07) is 1.32. The molecule has 7 heteroatoms. The topological polar surface area (TPSA) is 92.9 Å². The van der Waals surface area contributed by atoms with E-state index >= 15 is 0 Å². The number of carbonyl (C=O) groups excluding carboxylic acids is 1. The summed E-state index contributed by atoms with van der Waals surface area (Å²) in [5.41, 5.74) is 1.75. The Bertz CT molecular complexity index is 669. The number of hydrogen-bond donors (Lipinski definition) is 2. The maximum Gasteiger partial charge on any atom is 0.289 e. The van der Waals surface area contributed by atoms with Crippen molar-refractivity contribution in [2.75, 3.05) is 0 Å². The number of aliphatic hydroxyl groups is 1. The lowest BCUT2D eigenvalue weighted by Crippen LogP contribution is -2.56. The lowest BCUT2D eigenvalue weighted by molar-refractivity contribution is -0.00605. The van der Waals surface area contributed by atoms with E-state index in [1.807, 2.05) is 13.1 Å². The van der Waals surface area contributed by atoms with Gasteiger partial charge in [-0.2, -0.15) is 5.10 Å². The van der Waals surface area contributed by atoms with Crippen LogP contribution in [0, 0.1) is 13.8 Å². The molecule has 21 heavy (non-hydrogen) atoms. The highest BCUT2D eigenvalue weighted by molar-refractivity contribution is 5.90. The minimum absolute atomic E-state index is 0.145. The van der Waals surface area contributed by atoms with Crippen molar-refractivity contribution < 1.29 is 9.90 Å². The molecule has 0 saturated heterocycles. The number of aromatic nitrogens is 4. The average molecular weight is 287 g/mol. The van der Waals surface area contributed by atoms with Gasteiger partial charge in [0.25, 0.3) is 5.91 Å². The van der Waals surface area contributed by atoms with Crippen LogP contribution in [-0.2, 0) is 0 Å². The van der Waals surface area contributed by atoms with Crippen LogP contribution in [0.25, 0.3) is 0 Å². The van der Waals surface area contributed by atoms with Crippen LogP contribution < -0.4 is 5.32 Å². The highest BCUT2D eigenvalue weighted by Gasteiger charge is 2.43. The molecule has 2 N–H and O–H groups in total. The van der Waals surface area contributed by atoms with Crippen molar-refractivity contribution in [1.29, 1.82) is 0 Å². The second-order valence-corrected chi connectivity index (χ2v) is 5.39. The number of amides is 1. The third kappa shape index (κ3) is 2.64. The maximum absolute atomic E-state index is 12.1. The summed E-state index contributed by atoms with van der Waals surface area (Å²) in [4.78, 5) is 20.2. The first-order valence-electron chi connectivity index (χ1n) is 6.84. The number of nitrogens with one attached hydrogen (secondary N) is 1. The molecule has 0 spiro atoms. The standard InChI is InChI=1S/C14H17N5O2/c1-8-6-16-19(7-8)12-10(5-11(12)20)18-14(21)13-15-4-3-9(2)17-13/h3-4,6-7,10-12,20H,5H2,1-2H3,(H,18,21)/t10-,11+,12+/m0/s1. The summed E-state index contributed by atoms with van der Waals surface area (Å²) >= 11 is 0. The van der Waals surface area contributed by atoms with Crippen LogP contribution in [0.3, 0.4) is 0 Å². The van der Waals surface area contributed by atoms with Gasteiger partial charge in [-0.3, -0.25) is 9.48 Å². The second kappa shape index (κ2) is 5.25. The highest BCUT2D eigenvalue weighted by atomic mass is 16.3. The van der Waals surface area contributed by atoms with Gasteiger partial charge in [0.1, 0.15) is 0 Å². The molecule has 3 rings (SSSR count). The van der Waals surface area contributed by atoms with Gasteiger partial charge in [-0.15, -0.1) is 0 Å². The molecular formula is C14H17N5O2. The predicted molar refractivity (Wildman–Crippen MR) is 74.6 cm³/mol. The summed E-state index contributed by atoms with van der Waals surface area (Å²) in [6.45, 7) is 3.74. The number of aliphatic hydroxyl groups excluding tert-OH is 1. The molecule has 0 bridgehead atoms. The van der Waals surface area contributed by atoms with E-state index in [1.54, 1.807) is 30.1 Å². The van der Waals surface area contributed by atoms with Crippen molar-refractivity contribution in [3.63, 3.8) is 0 Å². The first-order chi connectivity index (χ1) is 10.0. The quantitative estimate of drug-likeness (QED) is 0.852. The molecule has 0 radical (unpaired) electrons. The van der Waals surface area contributed by atoms with Crippen molar-refractivity contribution in [1.82, 2.24) is 25.1 Å². The molecule has 1 aliphatic carbocycles. The molecule has 0 unspecified atom stereocenters. The van der Waals surface area contributed by atoms with E-state index in [9.17, 15) is 9.90 Å². The van der Waals surface area contributed by atoms with Crippen molar-refractivity contribution in [2.45, 2.75) is 38.5 Å². The lowest BCUT2D eigenvalue weighted by Gasteiger charge is -2.41. The second-order valence-electron chi connectivity index (χ2n) is 5.39. The third-order valence-corrected chi connectivity index (χ3v) is 3.65. The molecule has 7 nitrogen and oxygen atoms in total. The van der Waals surface area contributed by atoms with Gasteiger partial charge in [-0.05, 0) is 31.9 Å². The molecule has 2 heterocycles. The number of hydrogen-bond acceptors (Lipinski definition) is 5. The normalized spacial score (nSPS) is 24.4. The van der Waals surface area contributed by atoms with E-state index in [2.05, 4.69) is 20.4 Å². The van der Waals surface area contributed by atoms with E-state index in [0.29, 0.717) is 6.42 Å². The summed E-state index contributed by atoms with van der Waals surface area (Å²) in [5, 5.41) is 17.0. The Balaban J connectivity index is 1.71. The molecule has 1 amide bonds. The monoisotopic (exact) mass is 287 g/mol. The number of aryl methyl sites for hydroxylation is 2. The van der Waals surface area contributed by atoms with Crippen molar-refractivity contribution in [3.8, 4) is 0 Å². The molecule has 1 aliphatic rings. The van der Waals surface area contributed by atoms with E-state index in [1.165, 1.54) is 0 Å². The highest BCUT2D eigenvalue weighted by Crippen LogP contribution is 2.32. The molecule has 2 aromatic rings. The van der Waals surface area contributed by atoms with Crippen LogP contribution in [0.2, 0.25) is 0 Å². The minimum atomic E-state index is -0.506. The fraction of sp³-hybridized carbons (Fsp3) is 0.429. The number of carbonyl (C=O) groups is 1. The fourth-order valence-corrected chi connectivity index (χ4v) is 2.50. The lowest BCUT2D eigenvalue weighted by atomic mass is 9.83. The summed E-state index contributed by atoms with van der Waals surface area (Å²) in [6.07, 6.45) is 5.14. The van der Waals surface area contributed by atoms with E-state index in [0.717, 1.165) is 11.3 Å². The van der Waals surface area contributed by atoms with Crippen molar-refractivity contribution in [2.24, 2.45) is 0 Å². The number of rotatable bonds is 3. The van der Waals surface area contributed by atoms with E-state index in [-0.39, 0.29) is 23.8 Å². The van der Waals surface area contributed by atoms with E-state index in [4.69, 9.17) is 0 Å². The van der Waals surface area contributed by atoms with Crippen molar-refractivity contribution >= 4 is 5.91 Å². The van der Waals surface area contributed by atoms with Crippen LogP contribution >= 0.6 is 0 Å². The van der Waals surface area contributed by atoms with Crippen LogP contribution in [0.15, 0.2) is 24.7 Å². The smallest absolute Gasteiger partial charge is 0.289 e. The fourth-order valence-electron chi connectivity index (χ4n) is 2.50. The van der Waals surface area contributed by atoms with Crippen LogP contribution in [0.1, 0.15) is 34.3 Å². The van der Waals surface area contributed by atoms with Gasteiger partial charge in [0.05, 0.1) is 24.4 Å². The van der Waals surface area contributed by atoms with Crippen LogP contribution in [-0.4, -0.2) is 42.9 Å². The molecule has 0 aliphatic heterocycles. The predicted octanol–water partition coefficient (Wildman–Crippen LogP) is 0.394. The Kier molecular flexibility index (Phi) is 3.42. The Morgan fingerprint density at radius 2 is 2.29 bits per heavy atom. The van der Waals surface area contributed by atoms with E-state index < -0.39 is 6.10 Å². The SMILES string of the molecule is Cc1cnn([C@H]2[C@H](O)C[C@@H]2NC(=O)c2nccc(C)n2)c1. The Morgan fingerprint density at radius 3 is 2.90 bits per heavy atom. The van der Waals surface area contributed by atoms with Gasteiger partial charge < -0.3 is 10.4 Å². The number of nitrogens with zero attached hydrogens (tertiary/aromatic N) is 4. The first-order valence-corrected chi connectivity index (χ1v) is 6.84. The van der Waals surface area contributed by atoms with Crippen LogP contribution in [0.5, 0.6) is 0 Å². The minimum Gasteiger partial charge on any atom is -0.391 e. The average Bonchev–Trinajstić information content (AvgIpc) is 2.83. The Labute approximate surface area is 122 Å². The van der Waals surface area contributed by atoms with Crippen LogP contribution in [0.4, 0.5) is 0 Å². The van der Waals surface area contributed by atoms with Gasteiger partial charge in [0.15, 0.2) is 0 Å². The molecule has 1 saturated carbocycles. The molecule has 110 valence electrons. The summed E-state index contributed by atoms with van der Waals surface area (Å²) in [5.74, 6) is -0.184. The largest absolute Gasteiger partial charge is 0.391 e.